The number of fused-ring (bicyclic) bond motifs is 6. The lowest BCUT2D eigenvalue weighted by molar-refractivity contribution is -0.126. The number of hydrogen-bond acceptors (Lipinski definition) is 3. The summed E-state index contributed by atoms with van der Waals surface area (Å²) in [7, 11) is 0. The van der Waals surface area contributed by atoms with Crippen LogP contribution in [0.3, 0.4) is 0 Å². The number of ketones is 1. The van der Waals surface area contributed by atoms with Crippen LogP contribution in [0.15, 0.2) is 23.3 Å². The first-order valence-corrected chi connectivity index (χ1v) is 10.8. The zero-order chi connectivity index (χ0) is 17.9. The zero-order valence-electron chi connectivity index (χ0n) is 16.0. The molecule has 3 fully saturated rings. The van der Waals surface area contributed by atoms with E-state index in [1.54, 1.807) is 0 Å². The van der Waals surface area contributed by atoms with Gasteiger partial charge in [-0.15, -0.1) is 0 Å². The lowest BCUT2D eigenvalue weighted by atomic mass is 9.49. The molecular formula is C23H32O3. The Morgan fingerprint density at radius 3 is 2.85 bits per heavy atom. The van der Waals surface area contributed by atoms with Crippen LogP contribution in [0.5, 0.6) is 0 Å². The second kappa shape index (κ2) is 6.04. The Balaban J connectivity index is 1.53. The molecule has 0 amide bonds. The molecule has 3 heteroatoms. The highest BCUT2D eigenvalue weighted by molar-refractivity contribution is 5.82. The number of aliphatic hydroxyl groups is 1. The van der Waals surface area contributed by atoms with Crippen LogP contribution in [0.25, 0.3) is 0 Å². The minimum Gasteiger partial charge on any atom is -0.392 e. The Morgan fingerprint density at radius 2 is 2.12 bits per heavy atom. The number of rotatable bonds is 2. The summed E-state index contributed by atoms with van der Waals surface area (Å²) in [5.74, 6) is 3.03. The molecule has 1 heterocycles. The van der Waals surface area contributed by atoms with Gasteiger partial charge in [-0.3, -0.25) is 4.79 Å². The van der Waals surface area contributed by atoms with Crippen molar-refractivity contribution in [2.24, 2.45) is 29.1 Å². The number of carbonyl (C=O) groups excluding carboxylic acids is 1. The summed E-state index contributed by atoms with van der Waals surface area (Å²) in [6, 6.07) is 0. The lowest BCUT2D eigenvalue weighted by Gasteiger charge is -2.57. The lowest BCUT2D eigenvalue weighted by Crippen LogP contribution is -2.53. The number of aliphatic hydroxyl groups excluding tert-OH is 1. The molecule has 0 aromatic rings. The van der Waals surface area contributed by atoms with Crippen molar-refractivity contribution >= 4 is 5.78 Å². The smallest absolute Gasteiger partial charge is 0.136 e. The number of Topliss-reactive ketones (excluding diaryl/α,β-unsaturated/α-hetero) is 1. The fraction of sp³-hybridized carbons (Fsp3) is 0.783. The Kier molecular flexibility index (Phi) is 3.99. The van der Waals surface area contributed by atoms with Crippen molar-refractivity contribution < 1.29 is 14.6 Å². The van der Waals surface area contributed by atoms with Crippen molar-refractivity contribution in [3.05, 3.63) is 23.3 Å². The van der Waals surface area contributed by atoms with Gasteiger partial charge in [0.15, 0.2) is 0 Å². The molecule has 0 aromatic heterocycles. The average Bonchev–Trinajstić information content (AvgIpc) is 3.27. The summed E-state index contributed by atoms with van der Waals surface area (Å²) in [6.07, 6.45) is 14.2. The second-order valence-corrected chi connectivity index (χ2v) is 9.48. The van der Waals surface area contributed by atoms with Crippen molar-refractivity contribution in [3.63, 3.8) is 0 Å². The quantitative estimate of drug-likeness (QED) is 0.754. The fourth-order valence-electron chi connectivity index (χ4n) is 8.01. The highest BCUT2D eigenvalue weighted by Crippen LogP contribution is 2.68. The van der Waals surface area contributed by atoms with Crippen LogP contribution >= 0.6 is 0 Å². The molecule has 6 atom stereocenters. The minimum atomic E-state index is -0.0245. The van der Waals surface area contributed by atoms with E-state index in [0.717, 1.165) is 31.8 Å². The molecule has 142 valence electrons. The van der Waals surface area contributed by atoms with Gasteiger partial charge >= 0.3 is 0 Å². The Morgan fingerprint density at radius 1 is 1.23 bits per heavy atom. The summed E-state index contributed by atoms with van der Waals surface area (Å²) in [6.45, 7) is 3.29. The van der Waals surface area contributed by atoms with Crippen LogP contribution in [0, 0.1) is 29.1 Å². The van der Waals surface area contributed by atoms with Gasteiger partial charge in [-0.25, -0.2) is 0 Å². The van der Waals surface area contributed by atoms with E-state index >= 15 is 0 Å². The van der Waals surface area contributed by atoms with Crippen LogP contribution in [0.4, 0.5) is 0 Å². The molecule has 1 spiro atoms. The number of hydrogen-bond donors (Lipinski definition) is 1. The molecule has 1 N–H and O–H groups in total. The molecule has 4 aliphatic carbocycles. The van der Waals surface area contributed by atoms with Gasteiger partial charge in [0.25, 0.3) is 0 Å². The van der Waals surface area contributed by atoms with Gasteiger partial charge in [0, 0.05) is 18.3 Å². The third kappa shape index (κ3) is 2.10. The van der Waals surface area contributed by atoms with E-state index in [0.29, 0.717) is 30.0 Å². The normalized spacial score (nSPS) is 47.2. The molecule has 3 nitrogen and oxygen atoms in total. The molecule has 0 unspecified atom stereocenters. The third-order valence-electron chi connectivity index (χ3n) is 9.04. The monoisotopic (exact) mass is 356 g/mol. The predicted molar refractivity (Wildman–Crippen MR) is 101 cm³/mol. The van der Waals surface area contributed by atoms with Crippen molar-refractivity contribution in [2.75, 3.05) is 13.2 Å². The third-order valence-corrected chi connectivity index (χ3v) is 9.04. The second-order valence-electron chi connectivity index (χ2n) is 9.48. The maximum absolute atomic E-state index is 12.0. The Hall–Kier alpha value is -0.930. The summed E-state index contributed by atoms with van der Waals surface area (Å²) in [4.78, 5) is 12.0. The van der Waals surface area contributed by atoms with Gasteiger partial charge in [0.2, 0.25) is 0 Å². The molecule has 26 heavy (non-hydrogen) atoms. The van der Waals surface area contributed by atoms with Crippen LogP contribution in [0.1, 0.15) is 64.7 Å². The van der Waals surface area contributed by atoms with Crippen molar-refractivity contribution in [2.45, 2.75) is 70.3 Å². The average molecular weight is 357 g/mol. The SMILES string of the molecule is CC[C@]12CC[C@H]3[C@@H](CC(CO)=C4CC(=O)CC[C@@H]43)[C@@H]1CC[C@@]21C=CCO1. The van der Waals surface area contributed by atoms with Crippen LogP contribution in [0.2, 0.25) is 0 Å². The highest BCUT2D eigenvalue weighted by Gasteiger charge is 2.64. The standard InChI is InChI=1S/C23H32O3/c1-2-22-9-6-18-17-5-4-16(25)13-19(17)15(14-24)12-20(18)21(22)7-10-23(22)8-3-11-26-23/h3,8,17-18,20-21,24H,2,4-7,9-14H2,1H3/t17-,18-,20-,21+,22+,23+/m1/s1. The van der Waals surface area contributed by atoms with Crippen molar-refractivity contribution in [1.82, 2.24) is 0 Å². The van der Waals surface area contributed by atoms with E-state index in [1.807, 2.05) is 0 Å². The summed E-state index contributed by atoms with van der Waals surface area (Å²) < 4.78 is 6.40. The number of carbonyl (C=O) groups is 1. The molecule has 5 aliphatic rings. The van der Waals surface area contributed by atoms with Crippen LogP contribution in [-0.4, -0.2) is 29.7 Å². The minimum absolute atomic E-state index is 0.0245. The topological polar surface area (TPSA) is 46.5 Å². The zero-order valence-corrected chi connectivity index (χ0v) is 16.0. The van der Waals surface area contributed by atoms with Gasteiger partial charge in [0.05, 0.1) is 18.8 Å². The number of allylic oxidation sites excluding steroid dienone is 1. The van der Waals surface area contributed by atoms with E-state index in [-0.39, 0.29) is 17.6 Å². The van der Waals surface area contributed by atoms with E-state index < -0.39 is 0 Å². The maximum Gasteiger partial charge on any atom is 0.136 e. The van der Waals surface area contributed by atoms with E-state index in [2.05, 4.69) is 19.1 Å². The molecule has 0 aromatic carbocycles. The molecular weight excluding hydrogens is 324 g/mol. The largest absolute Gasteiger partial charge is 0.392 e. The fourth-order valence-corrected chi connectivity index (χ4v) is 8.01. The van der Waals surface area contributed by atoms with Gasteiger partial charge in [-0.1, -0.05) is 24.6 Å². The highest BCUT2D eigenvalue weighted by atomic mass is 16.5. The van der Waals surface area contributed by atoms with Crippen LogP contribution < -0.4 is 0 Å². The maximum atomic E-state index is 12.0. The first kappa shape index (κ1) is 17.2. The first-order valence-electron chi connectivity index (χ1n) is 10.8. The Labute approximate surface area is 156 Å². The summed E-state index contributed by atoms with van der Waals surface area (Å²) >= 11 is 0. The number of ether oxygens (including phenoxy) is 1. The van der Waals surface area contributed by atoms with Gasteiger partial charge in [-0.05, 0) is 74.2 Å². The van der Waals surface area contributed by atoms with E-state index in [9.17, 15) is 9.90 Å². The molecule has 5 rings (SSSR count). The summed E-state index contributed by atoms with van der Waals surface area (Å²) in [5, 5.41) is 10.1. The predicted octanol–water partition coefficient (Wildman–Crippen LogP) is 4.21. The molecule has 0 radical (unpaired) electrons. The van der Waals surface area contributed by atoms with Gasteiger partial charge < -0.3 is 9.84 Å². The van der Waals surface area contributed by atoms with E-state index in [4.69, 9.17) is 4.74 Å². The first-order chi connectivity index (χ1) is 12.6. The van der Waals surface area contributed by atoms with Crippen molar-refractivity contribution in [1.29, 1.82) is 0 Å². The van der Waals surface area contributed by atoms with Crippen molar-refractivity contribution in [3.8, 4) is 0 Å². The molecule has 0 saturated heterocycles. The van der Waals surface area contributed by atoms with Gasteiger partial charge in [0.1, 0.15) is 5.78 Å². The summed E-state index contributed by atoms with van der Waals surface area (Å²) in [5.41, 5.74) is 2.80. The van der Waals surface area contributed by atoms with Crippen LogP contribution in [-0.2, 0) is 9.53 Å². The molecule has 3 saturated carbocycles. The van der Waals surface area contributed by atoms with E-state index in [1.165, 1.54) is 43.3 Å². The Bertz CT molecular complexity index is 677. The molecule has 1 aliphatic heterocycles. The molecule has 0 bridgehead atoms. The van der Waals surface area contributed by atoms with Gasteiger partial charge in [-0.2, -0.15) is 0 Å².